The van der Waals surface area contributed by atoms with E-state index in [1.54, 1.807) is 14.2 Å². The largest absolute Gasteiger partial charge is 0.493 e. The van der Waals surface area contributed by atoms with Crippen molar-refractivity contribution >= 4 is 5.91 Å². The Morgan fingerprint density at radius 1 is 1.28 bits per heavy atom. The average Bonchev–Trinajstić information content (AvgIpc) is 2.38. The molecule has 0 fully saturated rings. The number of carbonyl (C=O) groups is 1. The van der Waals surface area contributed by atoms with Crippen molar-refractivity contribution in [2.75, 3.05) is 27.3 Å². The molecule has 5 heteroatoms. The molecule has 1 aromatic rings. The van der Waals surface area contributed by atoms with Gasteiger partial charge in [-0.3, -0.25) is 4.79 Å². The first kappa shape index (κ1) is 14.3. The molecule has 0 unspecified atom stereocenters. The Balaban J connectivity index is 2.59. The summed E-state index contributed by atoms with van der Waals surface area (Å²) in [6.07, 6.45) is 0. The molecule has 1 aromatic carbocycles. The first-order valence-corrected chi connectivity index (χ1v) is 5.90. The minimum atomic E-state index is -0.0145. The summed E-state index contributed by atoms with van der Waals surface area (Å²) in [5, 5.41) is 5.79. The fourth-order valence-corrected chi connectivity index (χ4v) is 1.66. The SMILES string of the molecule is CCNC(=O)CNCc1cccc(OC)c1OC. The van der Waals surface area contributed by atoms with Gasteiger partial charge in [-0.2, -0.15) is 0 Å². The lowest BCUT2D eigenvalue weighted by atomic mass is 10.2. The minimum Gasteiger partial charge on any atom is -0.493 e. The number of methoxy groups -OCH3 is 2. The zero-order valence-corrected chi connectivity index (χ0v) is 11.1. The first-order chi connectivity index (χ1) is 8.72. The van der Waals surface area contributed by atoms with Gasteiger partial charge < -0.3 is 20.1 Å². The molecule has 0 aromatic heterocycles. The van der Waals surface area contributed by atoms with Gasteiger partial charge in [0.2, 0.25) is 5.91 Å². The second-order valence-electron chi connectivity index (χ2n) is 3.71. The van der Waals surface area contributed by atoms with E-state index in [9.17, 15) is 4.79 Å². The number of benzene rings is 1. The van der Waals surface area contributed by atoms with Crippen molar-refractivity contribution in [2.24, 2.45) is 0 Å². The number of para-hydroxylation sites is 1. The van der Waals surface area contributed by atoms with E-state index < -0.39 is 0 Å². The van der Waals surface area contributed by atoms with Crippen LogP contribution in [-0.4, -0.2) is 33.2 Å². The third kappa shape index (κ3) is 3.92. The lowest BCUT2D eigenvalue weighted by molar-refractivity contribution is -0.120. The highest BCUT2D eigenvalue weighted by Gasteiger charge is 2.09. The van der Waals surface area contributed by atoms with E-state index in [4.69, 9.17) is 9.47 Å². The summed E-state index contributed by atoms with van der Waals surface area (Å²) >= 11 is 0. The number of carbonyl (C=O) groups excluding carboxylic acids is 1. The highest BCUT2D eigenvalue weighted by molar-refractivity contribution is 5.77. The van der Waals surface area contributed by atoms with Gasteiger partial charge in [0.05, 0.1) is 20.8 Å². The maximum absolute atomic E-state index is 11.3. The Labute approximate surface area is 107 Å². The Kier molecular flexibility index (Phi) is 6.00. The van der Waals surface area contributed by atoms with E-state index in [0.29, 0.717) is 24.6 Å². The third-order valence-electron chi connectivity index (χ3n) is 2.46. The van der Waals surface area contributed by atoms with E-state index in [-0.39, 0.29) is 12.5 Å². The monoisotopic (exact) mass is 252 g/mol. The van der Waals surface area contributed by atoms with Crippen molar-refractivity contribution in [1.82, 2.24) is 10.6 Å². The Morgan fingerprint density at radius 2 is 2.06 bits per heavy atom. The molecule has 0 bridgehead atoms. The molecule has 18 heavy (non-hydrogen) atoms. The molecule has 0 saturated carbocycles. The molecule has 0 heterocycles. The van der Waals surface area contributed by atoms with Gasteiger partial charge in [0.1, 0.15) is 0 Å². The standard InChI is InChI=1S/C13H20N2O3/c1-4-15-12(16)9-14-8-10-6-5-7-11(17-2)13(10)18-3/h5-7,14H,4,8-9H2,1-3H3,(H,15,16). The van der Waals surface area contributed by atoms with E-state index in [1.165, 1.54) is 0 Å². The summed E-state index contributed by atoms with van der Waals surface area (Å²) in [5.74, 6) is 1.37. The van der Waals surface area contributed by atoms with Gasteiger partial charge in [-0.15, -0.1) is 0 Å². The second-order valence-corrected chi connectivity index (χ2v) is 3.71. The summed E-state index contributed by atoms with van der Waals surface area (Å²) in [5.41, 5.74) is 0.959. The highest BCUT2D eigenvalue weighted by Crippen LogP contribution is 2.30. The normalized spacial score (nSPS) is 9.94. The van der Waals surface area contributed by atoms with Crippen molar-refractivity contribution in [1.29, 1.82) is 0 Å². The zero-order chi connectivity index (χ0) is 13.4. The molecule has 0 saturated heterocycles. The van der Waals surface area contributed by atoms with Gasteiger partial charge >= 0.3 is 0 Å². The van der Waals surface area contributed by atoms with E-state index >= 15 is 0 Å². The smallest absolute Gasteiger partial charge is 0.233 e. The summed E-state index contributed by atoms with van der Waals surface area (Å²) in [4.78, 5) is 11.3. The number of nitrogens with one attached hydrogen (secondary N) is 2. The molecule has 0 aliphatic rings. The lowest BCUT2D eigenvalue weighted by Crippen LogP contribution is -2.33. The lowest BCUT2D eigenvalue weighted by Gasteiger charge is -2.13. The number of ether oxygens (including phenoxy) is 2. The predicted molar refractivity (Wildman–Crippen MR) is 69.9 cm³/mol. The topological polar surface area (TPSA) is 59.6 Å². The van der Waals surface area contributed by atoms with Crippen LogP contribution >= 0.6 is 0 Å². The van der Waals surface area contributed by atoms with Crippen LogP contribution < -0.4 is 20.1 Å². The fourth-order valence-electron chi connectivity index (χ4n) is 1.66. The summed E-state index contributed by atoms with van der Waals surface area (Å²) < 4.78 is 10.5. The van der Waals surface area contributed by atoms with Crippen LogP contribution in [0.5, 0.6) is 11.5 Å². The van der Waals surface area contributed by atoms with Crippen LogP contribution in [0.25, 0.3) is 0 Å². The number of likely N-dealkylation sites (N-methyl/N-ethyl adjacent to an activating group) is 1. The Morgan fingerprint density at radius 3 is 2.67 bits per heavy atom. The number of hydrogen-bond acceptors (Lipinski definition) is 4. The van der Waals surface area contributed by atoms with Gasteiger partial charge in [0.15, 0.2) is 11.5 Å². The van der Waals surface area contributed by atoms with Crippen LogP contribution in [0.2, 0.25) is 0 Å². The second kappa shape index (κ2) is 7.55. The zero-order valence-electron chi connectivity index (χ0n) is 11.1. The van der Waals surface area contributed by atoms with Crippen molar-refractivity contribution in [3.63, 3.8) is 0 Å². The number of hydrogen-bond donors (Lipinski definition) is 2. The molecule has 0 aliphatic carbocycles. The Hall–Kier alpha value is -1.75. The van der Waals surface area contributed by atoms with E-state index in [2.05, 4.69) is 10.6 Å². The van der Waals surface area contributed by atoms with Crippen LogP contribution in [0.15, 0.2) is 18.2 Å². The van der Waals surface area contributed by atoms with Gasteiger partial charge in [0, 0.05) is 18.7 Å². The Bertz CT molecular complexity index is 394. The number of rotatable bonds is 7. The van der Waals surface area contributed by atoms with Crippen LogP contribution in [0.3, 0.4) is 0 Å². The summed E-state index contributed by atoms with van der Waals surface area (Å²) in [6, 6.07) is 5.67. The van der Waals surface area contributed by atoms with Gasteiger partial charge in [-0.05, 0) is 13.0 Å². The summed E-state index contributed by atoms with van der Waals surface area (Å²) in [6.45, 7) is 3.37. The molecule has 100 valence electrons. The molecule has 0 radical (unpaired) electrons. The van der Waals surface area contributed by atoms with Crippen LogP contribution in [0.1, 0.15) is 12.5 Å². The molecular formula is C13H20N2O3. The minimum absolute atomic E-state index is 0.0145. The molecule has 5 nitrogen and oxygen atoms in total. The van der Waals surface area contributed by atoms with Crippen molar-refractivity contribution in [2.45, 2.75) is 13.5 Å². The molecule has 1 rings (SSSR count). The average molecular weight is 252 g/mol. The van der Waals surface area contributed by atoms with E-state index in [1.807, 2.05) is 25.1 Å². The maximum Gasteiger partial charge on any atom is 0.233 e. The quantitative estimate of drug-likeness (QED) is 0.758. The van der Waals surface area contributed by atoms with Crippen molar-refractivity contribution in [3.8, 4) is 11.5 Å². The van der Waals surface area contributed by atoms with Crippen molar-refractivity contribution in [3.05, 3.63) is 23.8 Å². The molecule has 0 spiro atoms. The molecule has 0 atom stereocenters. The molecule has 0 aliphatic heterocycles. The van der Waals surface area contributed by atoms with Crippen LogP contribution in [0.4, 0.5) is 0 Å². The highest BCUT2D eigenvalue weighted by atomic mass is 16.5. The van der Waals surface area contributed by atoms with Crippen LogP contribution in [-0.2, 0) is 11.3 Å². The van der Waals surface area contributed by atoms with Gasteiger partial charge in [0.25, 0.3) is 0 Å². The third-order valence-corrected chi connectivity index (χ3v) is 2.46. The van der Waals surface area contributed by atoms with Crippen LogP contribution in [0, 0.1) is 0 Å². The predicted octanol–water partition coefficient (Wildman–Crippen LogP) is 0.929. The van der Waals surface area contributed by atoms with Crippen molar-refractivity contribution < 1.29 is 14.3 Å². The molecule has 1 amide bonds. The fraction of sp³-hybridized carbons (Fsp3) is 0.462. The number of amides is 1. The first-order valence-electron chi connectivity index (χ1n) is 5.90. The van der Waals surface area contributed by atoms with E-state index in [0.717, 1.165) is 5.56 Å². The van der Waals surface area contributed by atoms with Gasteiger partial charge in [-0.1, -0.05) is 12.1 Å². The maximum atomic E-state index is 11.3. The van der Waals surface area contributed by atoms with Gasteiger partial charge in [-0.25, -0.2) is 0 Å². The molecular weight excluding hydrogens is 232 g/mol. The summed E-state index contributed by atoms with van der Waals surface area (Å²) in [7, 11) is 3.20. The molecule has 2 N–H and O–H groups in total.